The second-order valence-corrected chi connectivity index (χ2v) is 1.61. The van der Waals surface area contributed by atoms with Crippen LogP contribution < -0.4 is 0 Å². The van der Waals surface area contributed by atoms with Crippen LogP contribution in [0.5, 0.6) is 0 Å². The number of halogens is 2. The van der Waals surface area contributed by atoms with Crippen molar-refractivity contribution in [2.45, 2.75) is 0 Å². The lowest BCUT2D eigenvalue weighted by atomic mass is 10.7. The average Bonchev–Trinajstić information content (AvgIpc) is 1.77. The van der Waals surface area contributed by atoms with Crippen molar-refractivity contribution in [3.8, 4) is 0 Å². The summed E-state index contributed by atoms with van der Waals surface area (Å²) >= 11 is 5.32. The number of hydrogen-bond acceptors (Lipinski definition) is 2. The van der Waals surface area contributed by atoms with Gasteiger partial charge in [0.15, 0.2) is 0 Å². The van der Waals surface area contributed by atoms with Crippen molar-refractivity contribution in [3.63, 3.8) is 0 Å². The molecule has 0 aliphatic rings. The zero-order valence-electron chi connectivity index (χ0n) is 3.81. The maximum atomic E-state index is 11.8. The Bertz CT molecular complexity index is 153. The van der Waals surface area contributed by atoms with Gasteiger partial charge in [0, 0.05) is 0 Å². The summed E-state index contributed by atoms with van der Waals surface area (Å²) in [6.45, 7) is 0. The molecule has 0 amide bonds. The third-order valence-corrected chi connectivity index (χ3v) is 0.784. The number of nitrogens with zero attached hydrogens (tertiary/aromatic N) is 2. The Balaban J connectivity index is 3.03. The molecule has 42 valence electrons. The summed E-state index contributed by atoms with van der Waals surface area (Å²) in [6.07, 6.45) is 1.64. The maximum Gasteiger partial charge on any atom is 0.308 e. The highest BCUT2D eigenvalue weighted by Gasteiger charge is 1.88. The van der Waals surface area contributed by atoms with E-state index in [2.05, 4.69) is 9.97 Å². The van der Waals surface area contributed by atoms with Gasteiger partial charge < -0.3 is 0 Å². The summed E-state index contributed by atoms with van der Waals surface area (Å²) in [6, 6.07) is 0. The van der Waals surface area contributed by atoms with Crippen LogP contribution in [0, 0.1) is 6.08 Å². The first-order valence-corrected chi connectivity index (χ1v) is 2.30. The van der Waals surface area contributed by atoms with E-state index in [1.807, 2.05) is 0 Å². The van der Waals surface area contributed by atoms with Crippen LogP contribution in [0.4, 0.5) is 4.39 Å². The monoisotopic (exact) mass is 132 g/mol. The van der Waals surface area contributed by atoms with Gasteiger partial charge >= 0.3 is 6.08 Å². The first-order chi connectivity index (χ1) is 3.79. The second kappa shape index (κ2) is 2.05. The SMILES string of the molecule is Fc1ncc(Cl)cn1. The Kier molecular flexibility index (Phi) is 1.39. The van der Waals surface area contributed by atoms with Crippen LogP contribution >= 0.6 is 11.6 Å². The molecule has 1 heterocycles. The van der Waals surface area contributed by atoms with Crippen LogP contribution in [-0.2, 0) is 0 Å². The predicted octanol–water partition coefficient (Wildman–Crippen LogP) is 1.27. The lowest BCUT2D eigenvalue weighted by Crippen LogP contribution is -1.83. The maximum absolute atomic E-state index is 11.8. The molecule has 0 bridgehead atoms. The van der Waals surface area contributed by atoms with Gasteiger partial charge in [-0.3, -0.25) is 0 Å². The fraction of sp³-hybridized carbons (Fsp3) is 0. The highest BCUT2D eigenvalue weighted by atomic mass is 35.5. The van der Waals surface area contributed by atoms with E-state index in [0.29, 0.717) is 5.02 Å². The van der Waals surface area contributed by atoms with Gasteiger partial charge in [0.1, 0.15) is 0 Å². The van der Waals surface area contributed by atoms with E-state index in [-0.39, 0.29) is 0 Å². The predicted molar refractivity (Wildman–Crippen MR) is 27.0 cm³/mol. The molecule has 0 saturated carbocycles. The minimum atomic E-state index is -0.755. The molecule has 0 saturated heterocycles. The van der Waals surface area contributed by atoms with Gasteiger partial charge in [-0.05, 0) is 0 Å². The van der Waals surface area contributed by atoms with Gasteiger partial charge in [-0.15, -0.1) is 0 Å². The van der Waals surface area contributed by atoms with E-state index < -0.39 is 6.08 Å². The second-order valence-electron chi connectivity index (χ2n) is 1.17. The van der Waals surface area contributed by atoms with E-state index >= 15 is 0 Å². The van der Waals surface area contributed by atoms with Crippen molar-refractivity contribution in [2.24, 2.45) is 0 Å². The third kappa shape index (κ3) is 1.13. The largest absolute Gasteiger partial charge is 0.308 e. The first kappa shape index (κ1) is 5.44. The van der Waals surface area contributed by atoms with Crippen LogP contribution in [-0.4, -0.2) is 9.97 Å². The summed E-state index contributed by atoms with van der Waals surface area (Å²) in [7, 11) is 0. The van der Waals surface area contributed by atoms with Crippen molar-refractivity contribution < 1.29 is 4.39 Å². The van der Waals surface area contributed by atoms with Gasteiger partial charge in [-0.25, -0.2) is 9.97 Å². The van der Waals surface area contributed by atoms with Crippen LogP contribution in [0.15, 0.2) is 12.4 Å². The van der Waals surface area contributed by atoms with Crippen molar-refractivity contribution in [1.82, 2.24) is 9.97 Å². The van der Waals surface area contributed by atoms with Crippen LogP contribution in [0.2, 0.25) is 5.02 Å². The third-order valence-electron chi connectivity index (χ3n) is 0.589. The van der Waals surface area contributed by atoms with E-state index in [4.69, 9.17) is 11.6 Å². The van der Waals surface area contributed by atoms with Crippen molar-refractivity contribution in [3.05, 3.63) is 23.5 Å². The molecular formula is C4H2ClFN2. The van der Waals surface area contributed by atoms with E-state index in [0.717, 1.165) is 0 Å². The number of rotatable bonds is 0. The molecule has 4 heteroatoms. The molecule has 8 heavy (non-hydrogen) atoms. The van der Waals surface area contributed by atoms with Gasteiger partial charge in [-0.1, -0.05) is 11.6 Å². The topological polar surface area (TPSA) is 25.8 Å². The lowest BCUT2D eigenvalue weighted by molar-refractivity contribution is 0.538. The van der Waals surface area contributed by atoms with Crippen molar-refractivity contribution in [1.29, 1.82) is 0 Å². The summed E-state index contributed by atoms with van der Waals surface area (Å²) in [5.74, 6) is 0. The summed E-state index contributed by atoms with van der Waals surface area (Å²) < 4.78 is 11.8. The van der Waals surface area contributed by atoms with Crippen molar-refractivity contribution >= 4 is 11.6 Å². The molecule has 0 spiro atoms. The molecule has 0 N–H and O–H groups in total. The van der Waals surface area contributed by atoms with E-state index in [9.17, 15) is 4.39 Å². The molecule has 2 nitrogen and oxygen atoms in total. The van der Waals surface area contributed by atoms with Gasteiger partial charge in [0.2, 0.25) is 0 Å². The molecular weight excluding hydrogens is 131 g/mol. The van der Waals surface area contributed by atoms with Crippen LogP contribution in [0.25, 0.3) is 0 Å². The fourth-order valence-electron chi connectivity index (χ4n) is 0.297. The standard InChI is InChI=1S/C4H2ClFN2/c5-3-1-7-4(6)8-2-3/h1-2H. The molecule has 0 aliphatic carbocycles. The molecule has 0 aliphatic heterocycles. The molecule has 0 radical (unpaired) electrons. The van der Waals surface area contributed by atoms with Crippen LogP contribution in [0.1, 0.15) is 0 Å². The molecule has 1 aromatic heterocycles. The van der Waals surface area contributed by atoms with Crippen LogP contribution in [0.3, 0.4) is 0 Å². The lowest BCUT2D eigenvalue weighted by Gasteiger charge is -1.83. The molecule has 0 aromatic carbocycles. The normalized spacial score (nSPS) is 9.25. The summed E-state index contributed by atoms with van der Waals surface area (Å²) in [5, 5.41) is 0.339. The van der Waals surface area contributed by atoms with Gasteiger partial charge in [-0.2, -0.15) is 4.39 Å². The average molecular weight is 133 g/mol. The molecule has 0 unspecified atom stereocenters. The zero-order chi connectivity index (χ0) is 5.98. The number of hydrogen-bond donors (Lipinski definition) is 0. The molecule has 0 fully saturated rings. The highest BCUT2D eigenvalue weighted by Crippen LogP contribution is 2.00. The van der Waals surface area contributed by atoms with Gasteiger partial charge in [0.05, 0.1) is 17.4 Å². The fourth-order valence-corrected chi connectivity index (χ4v) is 0.394. The number of aromatic nitrogens is 2. The Hall–Kier alpha value is -0.700. The highest BCUT2D eigenvalue weighted by molar-refractivity contribution is 6.30. The first-order valence-electron chi connectivity index (χ1n) is 1.92. The Morgan fingerprint density at radius 3 is 2.25 bits per heavy atom. The summed E-state index contributed by atoms with van der Waals surface area (Å²) in [4.78, 5) is 6.34. The Labute approximate surface area is 50.3 Å². The Morgan fingerprint density at radius 2 is 1.88 bits per heavy atom. The molecule has 0 atom stereocenters. The molecule has 1 aromatic rings. The molecule has 1 rings (SSSR count). The quantitative estimate of drug-likeness (QED) is 0.497. The smallest absolute Gasteiger partial charge is 0.209 e. The van der Waals surface area contributed by atoms with Gasteiger partial charge in [0.25, 0.3) is 0 Å². The van der Waals surface area contributed by atoms with E-state index in [1.54, 1.807) is 0 Å². The summed E-state index contributed by atoms with van der Waals surface area (Å²) in [5.41, 5.74) is 0. The minimum absolute atomic E-state index is 0.339. The van der Waals surface area contributed by atoms with E-state index in [1.165, 1.54) is 12.4 Å². The Morgan fingerprint density at radius 1 is 1.38 bits per heavy atom. The minimum Gasteiger partial charge on any atom is -0.209 e. The van der Waals surface area contributed by atoms with Crippen molar-refractivity contribution in [2.75, 3.05) is 0 Å². The zero-order valence-corrected chi connectivity index (χ0v) is 4.56.